The second-order valence-electron chi connectivity index (χ2n) is 4.79. The SMILES string of the molecule is Cc1nn(C)c(C)c1C(N)CCC(C)C. The number of aryl methyl sites for hydroxylation is 2. The number of rotatable bonds is 4. The molecule has 0 amide bonds. The average Bonchev–Trinajstić information content (AvgIpc) is 2.37. The maximum Gasteiger partial charge on any atom is 0.0644 e. The Morgan fingerprint density at radius 2 is 1.87 bits per heavy atom. The fourth-order valence-electron chi connectivity index (χ4n) is 1.98. The van der Waals surface area contributed by atoms with Crippen molar-refractivity contribution in [1.29, 1.82) is 0 Å². The molecule has 1 heterocycles. The Balaban J connectivity index is 2.77. The zero-order valence-corrected chi connectivity index (χ0v) is 10.5. The molecule has 86 valence electrons. The smallest absolute Gasteiger partial charge is 0.0644 e. The van der Waals surface area contributed by atoms with E-state index < -0.39 is 0 Å². The standard InChI is InChI=1S/C12H23N3/c1-8(2)6-7-11(13)12-9(3)14-15(5)10(12)4/h8,11H,6-7,13H2,1-5H3. The van der Waals surface area contributed by atoms with Crippen molar-refractivity contribution in [2.45, 2.75) is 46.6 Å². The molecular weight excluding hydrogens is 186 g/mol. The highest BCUT2D eigenvalue weighted by Gasteiger charge is 2.16. The van der Waals surface area contributed by atoms with E-state index in [0.717, 1.165) is 12.1 Å². The summed E-state index contributed by atoms with van der Waals surface area (Å²) in [4.78, 5) is 0. The number of hydrogen-bond donors (Lipinski definition) is 1. The molecule has 0 saturated heterocycles. The van der Waals surface area contributed by atoms with Crippen LogP contribution in [0.5, 0.6) is 0 Å². The number of aromatic nitrogens is 2. The summed E-state index contributed by atoms with van der Waals surface area (Å²) in [6.45, 7) is 8.59. The molecule has 0 bridgehead atoms. The lowest BCUT2D eigenvalue weighted by atomic mass is 9.97. The Labute approximate surface area is 92.7 Å². The van der Waals surface area contributed by atoms with Gasteiger partial charge >= 0.3 is 0 Å². The van der Waals surface area contributed by atoms with Crippen LogP contribution in [0.2, 0.25) is 0 Å². The molecule has 1 unspecified atom stereocenters. The lowest BCUT2D eigenvalue weighted by Gasteiger charge is -2.13. The summed E-state index contributed by atoms with van der Waals surface area (Å²) in [5.41, 5.74) is 9.71. The van der Waals surface area contributed by atoms with Crippen molar-refractivity contribution in [2.75, 3.05) is 0 Å². The first-order valence-electron chi connectivity index (χ1n) is 5.69. The molecule has 3 heteroatoms. The number of nitrogens with two attached hydrogens (primary N) is 1. The molecule has 1 aromatic rings. The zero-order chi connectivity index (χ0) is 11.6. The van der Waals surface area contributed by atoms with E-state index in [1.807, 2.05) is 18.7 Å². The first-order valence-corrected chi connectivity index (χ1v) is 5.69. The molecule has 0 fully saturated rings. The molecule has 2 N–H and O–H groups in total. The third-order valence-electron chi connectivity index (χ3n) is 2.99. The minimum absolute atomic E-state index is 0.140. The summed E-state index contributed by atoms with van der Waals surface area (Å²) in [5.74, 6) is 0.716. The second kappa shape index (κ2) is 4.79. The minimum Gasteiger partial charge on any atom is -0.324 e. The van der Waals surface area contributed by atoms with Crippen molar-refractivity contribution in [3.05, 3.63) is 17.0 Å². The van der Waals surface area contributed by atoms with E-state index in [4.69, 9.17) is 5.73 Å². The van der Waals surface area contributed by atoms with Crippen molar-refractivity contribution in [3.8, 4) is 0 Å². The van der Waals surface area contributed by atoms with E-state index in [1.165, 1.54) is 17.7 Å². The highest BCUT2D eigenvalue weighted by atomic mass is 15.3. The highest BCUT2D eigenvalue weighted by molar-refractivity contribution is 5.27. The molecule has 0 aliphatic carbocycles. The molecule has 0 radical (unpaired) electrons. The van der Waals surface area contributed by atoms with Gasteiger partial charge in [0.2, 0.25) is 0 Å². The Kier molecular flexibility index (Phi) is 3.91. The van der Waals surface area contributed by atoms with Gasteiger partial charge in [0.15, 0.2) is 0 Å². The summed E-state index contributed by atoms with van der Waals surface area (Å²) in [6.07, 6.45) is 2.22. The lowest BCUT2D eigenvalue weighted by Crippen LogP contribution is -2.13. The van der Waals surface area contributed by atoms with Crippen LogP contribution in [-0.2, 0) is 7.05 Å². The van der Waals surface area contributed by atoms with Crippen LogP contribution in [0.4, 0.5) is 0 Å². The van der Waals surface area contributed by atoms with Crippen molar-refractivity contribution >= 4 is 0 Å². The van der Waals surface area contributed by atoms with Crippen molar-refractivity contribution in [1.82, 2.24) is 9.78 Å². The van der Waals surface area contributed by atoms with E-state index in [-0.39, 0.29) is 6.04 Å². The molecule has 0 aliphatic rings. The molecule has 0 saturated carbocycles. The number of hydrogen-bond acceptors (Lipinski definition) is 2. The van der Waals surface area contributed by atoms with E-state index >= 15 is 0 Å². The van der Waals surface area contributed by atoms with Crippen LogP contribution in [0.25, 0.3) is 0 Å². The fraction of sp³-hybridized carbons (Fsp3) is 0.750. The van der Waals surface area contributed by atoms with Crippen LogP contribution >= 0.6 is 0 Å². The van der Waals surface area contributed by atoms with Crippen molar-refractivity contribution in [2.24, 2.45) is 18.7 Å². The van der Waals surface area contributed by atoms with Crippen LogP contribution < -0.4 is 5.73 Å². The molecule has 0 spiro atoms. The van der Waals surface area contributed by atoms with Gasteiger partial charge in [0.05, 0.1) is 5.69 Å². The molecule has 1 rings (SSSR count). The third-order valence-corrected chi connectivity index (χ3v) is 2.99. The first-order chi connectivity index (χ1) is 6.93. The predicted molar refractivity (Wildman–Crippen MR) is 63.7 cm³/mol. The summed E-state index contributed by atoms with van der Waals surface area (Å²) in [7, 11) is 1.97. The van der Waals surface area contributed by atoms with E-state index in [0.29, 0.717) is 5.92 Å². The minimum atomic E-state index is 0.140. The highest BCUT2D eigenvalue weighted by Crippen LogP contribution is 2.24. The normalized spacial score (nSPS) is 13.5. The Morgan fingerprint density at radius 1 is 1.27 bits per heavy atom. The van der Waals surface area contributed by atoms with Gasteiger partial charge in [-0.2, -0.15) is 5.10 Å². The van der Waals surface area contributed by atoms with Crippen LogP contribution in [0.3, 0.4) is 0 Å². The summed E-state index contributed by atoms with van der Waals surface area (Å²) < 4.78 is 1.92. The molecule has 1 atom stereocenters. The monoisotopic (exact) mass is 209 g/mol. The van der Waals surface area contributed by atoms with Gasteiger partial charge in [-0.3, -0.25) is 4.68 Å². The van der Waals surface area contributed by atoms with Gasteiger partial charge in [-0.25, -0.2) is 0 Å². The largest absolute Gasteiger partial charge is 0.324 e. The lowest BCUT2D eigenvalue weighted by molar-refractivity contribution is 0.505. The van der Waals surface area contributed by atoms with Gasteiger partial charge in [-0.1, -0.05) is 13.8 Å². The number of nitrogens with zero attached hydrogens (tertiary/aromatic N) is 2. The summed E-state index contributed by atoms with van der Waals surface area (Å²) in [6, 6.07) is 0.140. The van der Waals surface area contributed by atoms with Crippen molar-refractivity contribution in [3.63, 3.8) is 0 Å². The Morgan fingerprint density at radius 3 is 2.27 bits per heavy atom. The molecule has 15 heavy (non-hydrogen) atoms. The van der Waals surface area contributed by atoms with E-state index in [9.17, 15) is 0 Å². The molecule has 1 aromatic heterocycles. The van der Waals surface area contributed by atoms with Gasteiger partial charge in [-0.05, 0) is 32.6 Å². The second-order valence-corrected chi connectivity index (χ2v) is 4.79. The maximum atomic E-state index is 6.20. The van der Waals surface area contributed by atoms with Gasteiger partial charge < -0.3 is 5.73 Å². The molecular formula is C12H23N3. The molecule has 0 aromatic carbocycles. The Bertz CT molecular complexity index is 326. The van der Waals surface area contributed by atoms with Crippen molar-refractivity contribution < 1.29 is 0 Å². The third kappa shape index (κ3) is 2.81. The maximum absolute atomic E-state index is 6.20. The van der Waals surface area contributed by atoms with Crippen LogP contribution in [0.15, 0.2) is 0 Å². The van der Waals surface area contributed by atoms with E-state index in [2.05, 4.69) is 25.9 Å². The summed E-state index contributed by atoms with van der Waals surface area (Å²) in [5, 5.41) is 4.40. The average molecular weight is 209 g/mol. The zero-order valence-electron chi connectivity index (χ0n) is 10.5. The topological polar surface area (TPSA) is 43.8 Å². The Hall–Kier alpha value is -0.830. The van der Waals surface area contributed by atoms with Gasteiger partial charge in [0.1, 0.15) is 0 Å². The van der Waals surface area contributed by atoms with Gasteiger partial charge in [0.25, 0.3) is 0 Å². The quantitative estimate of drug-likeness (QED) is 0.828. The van der Waals surface area contributed by atoms with Crippen LogP contribution in [0.1, 0.15) is 49.7 Å². The first kappa shape index (κ1) is 12.2. The molecule has 0 aliphatic heterocycles. The van der Waals surface area contributed by atoms with Crippen LogP contribution in [-0.4, -0.2) is 9.78 Å². The van der Waals surface area contributed by atoms with Gasteiger partial charge in [-0.15, -0.1) is 0 Å². The van der Waals surface area contributed by atoms with Gasteiger partial charge in [0, 0.05) is 24.3 Å². The van der Waals surface area contributed by atoms with Crippen LogP contribution in [0, 0.1) is 19.8 Å². The predicted octanol–water partition coefficient (Wildman–Crippen LogP) is 2.47. The molecule has 3 nitrogen and oxygen atoms in total. The summed E-state index contributed by atoms with van der Waals surface area (Å²) >= 11 is 0. The van der Waals surface area contributed by atoms with E-state index in [1.54, 1.807) is 0 Å². The fourth-order valence-corrected chi connectivity index (χ4v) is 1.98.